The van der Waals surface area contributed by atoms with Crippen molar-refractivity contribution < 1.29 is 14.3 Å². The molecule has 0 aliphatic carbocycles. The van der Waals surface area contributed by atoms with Crippen molar-refractivity contribution in [2.75, 3.05) is 18.5 Å². The van der Waals surface area contributed by atoms with Crippen molar-refractivity contribution >= 4 is 22.6 Å². The lowest BCUT2D eigenvalue weighted by Crippen LogP contribution is -2.32. The third kappa shape index (κ3) is 3.63. The molecule has 168 valence electrons. The van der Waals surface area contributed by atoms with E-state index >= 15 is 0 Å². The van der Waals surface area contributed by atoms with Gasteiger partial charge in [-0.25, -0.2) is 0 Å². The number of amides is 1. The Bertz CT molecular complexity index is 1420. The van der Waals surface area contributed by atoms with Gasteiger partial charge in [-0.1, -0.05) is 30.3 Å². The molecular formula is C25H24N4O4. The molecule has 0 bridgehead atoms. The van der Waals surface area contributed by atoms with Gasteiger partial charge in [-0.15, -0.1) is 0 Å². The van der Waals surface area contributed by atoms with Crippen LogP contribution in [0.1, 0.15) is 18.7 Å². The van der Waals surface area contributed by atoms with Gasteiger partial charge in [0.15, 0.2) is 11.5 Å². The molecule has 1 N–H and O–H groups in total. The largest absolute Gasteiger partial charge is 0.486 e. The lowest BCUT2D eigenvalue weighted by atomic mass is 10.0. The number of fused-ring (bicyclic) bond motifs is 2. The fourth-order valence-corrected chi connectivity index (χ4v) is 4.31. The molecule has 0 radical (unpaired) electrons. The summed E-state index contributed by atoms with van der Waals surface area (Å²) in [5, 5.41) is 8.29. The van der Waals surface area contributed by atoms with Crippen molar-refractivity contribution in [2.45, 2.75) is 19.9 Å². The van der Waals surface area contributed by atoms with Crippen LogP contribution in [0.5, 0.6) is 11.5 Å². The van der Waals surface area contributed by atoms with E-state index in [9.17, 15) is 9.59 Å². The fraction of sp³-hybridized carbons (Fsp3) is 0.240. The van der Waals surface area contributed by atoms with E-state index in [2.05, 4.69) is 10.4 Å². The summed E-state index contributed by atoms with van der Waals surface area (Å²) in [5.41, 5.74) is 3.42. The van der Waals surface area contributed by atoms with Gasteiger partial charge in [-0.05, 0) is 37.1 Å². The number of carbonyl (C=O) groups excluding carboxylic acids is 1. The molecule has 8 heteroatoms. The molecule has 0 fully saturated rings. The molecule has 1 atom stereocenters. The van der Waals surface area contributed by atoms with Gasteiger partial charge in [0.25, 0.3) is 5.56 Å². The highest BCUT2D eigenvalue weighted by atomic mass is 16.6. The van der Waals surface area contributed by atoms with Gasteiger partial charge in [-0.3, -0.25) is 18.8 Å². The third-order valence-electron chi connectivity index (χ3n) is 5.86. The first-order valence-electron chi connectivity index (χ1n) is 10.8. The van der Waals surface area contributed by atoms with E-state index in [-0.39, 0.29) is 11.5 Å². The summed E-state index contributed by atoms with van der Waals surface area (Å²) >= 11 is 0. The summed E-state index contributed by atoms with van der Waals surface area (Å²) in [4.78, 5) is 26.5. The van der Waals surface area contributed by atoms with Gasteiger partial charge < -0.3 is 14.8 Å². The quantitative estimate of drug-likeness (QED) is 0.519. The smallest absolute Gasteiger partial charge is 0.253 e. The van der Waals surface area contributed by atoms with Gasteiger partial charge in [0.1, 0.15) is 24.9 Å². The van der Waals surface area contributed by atoms with Crippen LogP contribution in [0.2, 0.25) is 0 Å². The van der Waals surface area contributed by atoms with Crippen LogP contribution in [0.3, 0.4) is 0 Å². The topological polar surface area (TPSA) is 87.4 Å². The minimum Gasteiger partial charge on any atom is -0.486 e. The van der Waals surface area contributed by atoms with Crippen LogP contribution in [0.25, 0.3) is 22.2 Å². The van der Waals surface area contributed by atoms with E-state index in [0.29, 0.717) is 36.0 Å². The van der Waals surface area contributed by atoms with Gasteiger partial charge in [0, 0.05) is 30.3 Å². The van der Waals surface area contributed by atoms with Crippen molar-refractivity contribution in [1.82, 2.24) is 14.3 Å². The lowest BCUT2D eigenvalue weighted by molar-refractivity contribution is -0.118. The van der Waals surface area contributed by atoms with Crippen LogP contribution in [0, 0.1) is 6.92 Å². The monoisotopic (exact) mass is 444 g/mol. The zero-order chi connectivity index (χ0) is 23.1. The van der Waals surface area contributed by atoms with Crippen LogP contribution in [0.15, 0.2) is 59.4 Å². The van der Waals surface area contributed by atoms with Crippen molar-refractivity contribution in [2.24, 2.45) is 7.05 Å². The molecule has 1 unspecified atom stereocenters. The number of hydrogen-bond donors (Lipinski definition) is 1. The highest BCUT2D eigenvalue weighted by Crippen LogP contribution is 2.33. The molecule has 3 heterocycles. The Labute approximate surface area is 190 Å². The Balaban J connectivity index is 1.55. The normalized spacial score (nSPS) is 13.7. The Hall–Kier alpha value is -4.07. The molecule has 1 aliphatic rings. The molecule has 8 nitrogen and oxygen atoms in total. The molecule has 1 aliphatic heterocycles. The number of rotatable bonds is 4. The number of carbonyl (C=O) groups is 1. The number of pyridine rings is 1. The number of nitrogens with one attached hydrogen (secondary N) is 1. The van der Waals surface area contributed by atoms with Crippen molar-refractivity contribution in [3.8, 4) is 22.6 Å². The zero-order valence-electron chi connectivity index (χ0n) is 18.7. The highest BCUT2D eigenvalue weighted by molar-refractivity contribution is 5.98. The van der Waals surface area contributed by atoms with Gasteiger partial charge in [0.2, 0.25) is 5.91 Å². The number of nitrogens with zero attached hydrogens (tertiary/aromatic N) is 3. The summed E-state index contributed by atoms with van der Waals surface area (Å²) in [6, 6.07) is 15.8. The van der Waals surface area contributed by atoms with E-state index in [1.807, 2.05) is 37.3 Å². The zero-order valence-corrected chi connectivity index (χ0v) is 18.7. The lowest BCUT2D eigenvalue weighted by Gasteiger charge is -2.21. The number of hydrogen-bond acceptors (Lipinski definition) is 5. The second-order valence-corrected chi connectivity index (χ2v) is 8.06. The predicted octanol–water partition coefficient (Wildman–Crippen LogP) is 3.68. The Morgan fingerprint density at radius 1 is 1.06 bits per heavy atom. The average molecular weight is 444 g/mol. The summed E-state index contributed by atoms with van der Waals surface area (Å²) in [6.07, 6.45) is 0. The summed E-state index contributed by atoms with van der Waals surface area (Å²) < 4.78 is 14.3. The maximum absolute atomic E-state index is 13.3. The maximum Gasteiger partial charge on any atom is 0.253 e. The van der Waals surface area contributed by atoms with Crippen molar-refractivity contribution in [1.29, 1.82) is 0 Å². The van der Waals surface area contributed by atoms with E-state index in [0.717, 1.165) is 22.2 Å². The van der Waals surface area contributed by atoms with Crippen LogP contribution >= 0.6 is 0 Å². The van der Waals surface area contributed by atoms with Gasteiger partial charge in [-0.2, -0.15) is 5.10 Å². The second kappa shape index (κ2) is 8.12. The first-order chi connectivity index (χ1) is 15.9. The van der Waals surface area contributed by atoms with E-state index in [1.165, 1.54) is 4.57 Å². The average Bonchev–Trinajstić information content (AvgIpc) is 3.12. The molecule has 2 aromatic heterocycles. The summed E-state index contributed by atoms with van der Waals surface area (Å²) in [6.45, 7) is 4.57. The van der Waals surface area contributed by atoms with Crippen LogP contribution in [-0.4, -0.2) is 33.5 Å². The van der Waals surface area contributed by atoms with E-state index in [1.54, 1.807) is 42.9 Å². The molecule has 0 saturated heterocycles. The van der Waals surface area contributed by atoms with Crippen LogP contribution in [0.4, 0.5) is 5.69 Å². The number of benzene rings is 2. The van der Waals surface area contributed by atoms with Crippen LogP contribution in [-0.2, 0) is 11.8 Å². The molecular weight excluding hydrogens is 420 g/mol. The van der Waals surface area contributed by atoms with Crippen LogP contribution < -0.4 is 20.3 Å². The van der Waals surface area contributed by atoms with Gasteiger partial charge in [0.05, 0.1) is 5.69 Å². The molecule has 0 spiro atoms. The Morgan fingerprint density at radius 3 is 2.55 bits per heavy atom. The third-order valence-corrected chi connectivity index (χ3v) is 5.86. The number of anilines is 1. The van der Waals surface area contributed by atoms with E-state index < -0.39 is 6.04 Å². The Kier molecular flexibility index (Phi) is 5.12. The predicted molar refractivity (Wildman–Crippen MR) is 126 cm³/mol. The summed E-state index contributed by atoms with van der Waals surface area (Å²) in [7, 11) is 1.78. The molecule has 0 saturated carbocycles. The minimum atomic E-state index is -0.771. The fourth-order valence-electron chi connectivity index (χ4n) is 4.31. The summed E-state index contributed by atoms with van der Waals surface area (Å²) in [5.74, 6) is 0.911. The Morgan fingerprint density at radius 2 is 1.79 bits per heavy atom. The van der Waals surface area contributed by atoms with E-state index in [4.69, 9.17) is 9.47 Å². The highest BCUT2D eigenvalue weighted by Gasteiger charge is 2.24. The first-order valence-corrected chi connectivity index (χ1v) is 10.8. The molecule has 4 aromatic rings. The maximum atomic E-state index is 13.3. The minimum absolute atomic E-state index is 0.269. The van der Waals surface area contributed by atoms with Gasteiger partial charge >= 0.3 is 0 Å². The number of aryl methyl sites for hydroxylation is 2. The molecule has 1 amide bonds. The molecule has 5 rings (SSSR count). The second-order valence-electron chi connectivity index (χ2n) is 8.06. The SMILES string of the molecule is Cc1nn(C)c2c1c(-c1ccccc1)cc(=O)n2C(C)C(=O)Nc1ccc2c(c1)OCCO2. The van der Waals surface area contributed by atoms with Crippen molar-refractivity contribution in [3.63, 3.8) is 0 Å². The first kappa shape index (κ1) is 20.8. The molecule has 33 heavy (non-hydrogen) atoms. The molecule has 2 aromatic carbocycles. The van der Waals surface area contributed by atoms with Crippen molar-refractivity contribution in [3.05, 3.63) is 70.6 Å². The number of aromatic nitrogens is 3. The number of ether oxygens (including phenoxy) is 2. The standard InChI is InChI=1S/C25H24N4O4/c1-15-23-19(17-7-5-4-6-8-17)14-22(30)29(25(23)28(3)27-15)16(2)24(31)26-18-9-10-20-21(13-18)33-12-11-32-20/h4-10,13-14,16H,11-12H2,1-3H3,(H,26,31).